The van der Waals surface area contributed by atoms with Crippen LogP contribution in [0.3, 0.4) is 0 Å². The van der Waals surface area contributed by atoms with E-state index >= 15 is 0 Å². The van der Waals surface area contributed by atoms with E-state index in [1.165, 1.54) is 17.3 Å². The molecule has 0 saturated carbocycles. The van der Waals surface area contributed by atoms with Gasteiger partial charge in [-0.25, -0.2) is 13.4 Å². The molecule has 1 aliphatic rings. The fourth-order valence-corrected chi connectivity index (χ4v) is 4.75. The summed E-state index contributed by atoms with van der Waals surface area (Å²) in [7, 11) is -3.77. The topological polar surface area (TPSA) is 89.2 Å². The zero-order chi connectivity index (χ0) is 19.9. The molecule has 0 atom stereocenters. The van der Waals surface area contributed by atoms with Gasteiger partial charge in [-0.1, -0.05) is 30.3 Å². The molecule has 2 N–H and O–H groups in total. The van der Waals surface area contributed by atoms with Crippen LogP contribution in [0.15, 0.2) is 58.5 Å². The maximum absolute atomic E-state index is 13.0. The Balaban J connectivity index is 1.66. The van der Waals surface area contributed by atoms with Crippen LogP contribution in [0.25, 0.3) is 0 Å². The Labute approximate surface area is 165 Å². The molecular weight excluding hydrogens is 372 g/mol. The van der Waals surface area contributed by atoms with Gasteiger partial charge in [0, 0.05) is 13.1 Å². The second-order valence-corrected chi connectivity index (χ2v) is 9.03. The van der Waals surface area contributed by atoms with Gasteiger partial charge in [0.25, 0.3) is 0 Å². The van der Waals surface area contributed by atoms with Crippen molar-refractivity contribution in [2.45, 2.75) is 36.6 Å². The van der Waals surface area contributed by atoms with Crippen LogP contribution in [0.1, 0.15) is 22.3 Å². The van der Waals surface area contributed by atoms with Gasteiger partial charge in [-0.3, -0.25) is 0 Å². The van der Waals surface area contributed by atoms with Crippen LogP contribution in [0.5, 0.6) is 0 Å². The summed E-state index contributed by atoms with van der Waals surface area (Å²) in [5.74, 6) is 0.424. The summed E-state index contributed by atoms with van der Waals surface area (Å²) in [6, 6.07) is 13.3. The van der Waals surface area contributed by atoms with E-state index in [4.69, 9.17) is 5.73 Å². The van der Waals surface area contributed by atoms with Crippen molar-refractivity contribution in [3.8, 4) is 0 Å². The van der Waals surface area contributed by atoms with Crippen LogP contribution in [-0.2, 0) is 22.8 Å². The smallest absolute Gasteiger partial charge is 0.227 e. The van der Waals surface area contributed by atoms with E-state index in [1.54, 1.807) is 18.2 Å². The van der Waals surface area contributed by atoms with Crippen LogP contribution < -0.4 is 10.6 Å². The van der Waals surface area contributed by atoms with E-state index in [1.807, 2.05) is 30.9 Å². The summed E-state index contributed by atoms with van der Waals surface area (Å²) in [4.78, 5) is 10.8. The molecule has 1 aromatic heterocycles. The van der Waals surface area contributed by atoms with Gasteiger partial charge in [0.15, 0.2) is 0 Å². The highest BCUT2D eigenvalue weighted by Crippen LogP contribution is 2.28. The number of hydrogen-bond donors (Lipinski definition) is 1. The van der Waals surface area contributed by atoms with Crippen molar-refractivity contribution in [3.63, 3.8) is 0 Å². The second kappa shape index (κ2) is 6.91. The Morgan fingerprint density at radius 2 is 1.79 bits per heavy atom. The largest absolute Gasteiger partial charge is 0.382 e. The minimum atomic E-state index is -3.77. The van der Waals surface area contributed by atoms with Crippen molar-refractivity contribution in [1.29, 1.82) is 0 Å². The highest BCUT2D eigenvalue weighted by Gasteiger charge is 2.25. The minimum absolute atomic E-state index is 0.0258. The van der Waals surface area contributed by atoms with Crippen LogP contribution in [0.4, 0.5) is 11.8 Å². The van der Waals surface area contributed by atoms with Gasteiger partial charge in [0.1, 0.15) is 10.7 Å². The molecule has 7 heteroatoms. The molecule has 144 valence electrons. The lowest BCUT2D eigenvalue weighted by molar-refractivity contribution is 0.595. The fourth-order valence-electron chi connectivity index (χ4n) is 3.41. The number of benzene rings is 2. The normalized spacial score (nSPS) is 14.0. The molecule has 6 nitrogen and oxygen atoms in total. The standard InChI is InChI=1S/C21H22N4O2S/c1-14-7-8-18(11-15(14)2)28(26,27)19-12-23-21(24-20(19)22)25-10-9-16-5-3-4-6-17(16)13-25/h3-8,11-12H,9-10,13H2,1-2H3,(H2,22,23,24). The lowest BCUT2D eigenvalue weighted by Crippen LogP contribution is -2.32. The lowest BCUT2D eigenvalue weighted by atomic mass is 10.0. The molecule has 0 amide bonds. The van der Waals surface area contributed by atoms with Gasteiger partial charge in [-0.2, -0.15) is 4.98 Å². The molecular formula is C21H22N4O2S. The quantitative estimate of drug-likeness (QED) is 0.734. The van der Waals surface area contributed by atoms with E-state index in [-0.39, 0.29) is 15.6 Å². The molecule has 28 heavy (non-hydrogen) atoms. The highest BCUT2D eigenvalue weighted by molar-refractivity contribution is 7.91. The van der Waals surface area contributed by atoms with Gasteiger partial charge < -0.3 is 10.6 Å². The summed E-state index contributed by atoms with van der Waals surface area (Å²) < 4.78 is 26.0. The summed E-state index contributed by atoms with van der Waals surface area (Å²) in [5, 5.41) is 0. The maximum Gasteiger partial charge on any atom is 0.227 e. The van der Waals surface area contributed by atoms with E-state index in [0.717, 1.165) is 24.1 Å². The third-order valence-electron chi connectivity index (χ3n) is 5.26. The molecule has 4 rings (SSSR count). The second-order valence-electron chi connectivity index (χ2n) is 7.11. The first-order chi connectivity index (χ1) is 13.4. The first-order valence-corrected chi connectivity index (χ1v) is 10.6. The first kappa shape index (κ1) is 18.4. The fraction of sp³-hybridized carbons (Fsp3) is 0.238. The molecule has 0 saturated heterocycles. The Hall–Kier alpha value is -2.93. The zero-order valence-corrected chi connectivity index (χ0v) is 16.7. The van der Waals surface area contributed by atoms with Crippen molar-refractivity contribution >= 4 is 21.6 Å². The zero-order valence-electron chi connectivity index (χ0n) is 15.9. The molecule has 0 bridgehead atoms. The molecule has 0 unspecified atom stereocenters. The Morgan fingerprint density at radius 3 is 2.50 bits per heavy atom. The van der Waals surface area contributed by atoms with Gasteiger partial charge in [0.2, 0.25) is 15.8 Å². The summed E-state index contributed by atoms with van der Waals surface area (Å²) in [6.45, 7) is 5.26. The summed E-state index contributed by atoms with van der Waals surface area (Å²) in [5.41, 5.74) is 10.5. The van der Waals surface area contributed by atoms with Crippen molar-refractivity contribution in [1.82, 2.24) is 9.97 Å². The monoisotopic (exact) mass is 394 g/mol. The number of fused-ring (bicyclic) bond motifs is 1. The maximum atomic E-state index is 13.0. The number of hydrogen-bond acceptors (Lipinski definition) is 6. The van der Waals surface area contributed by atoms with Gasteiger partial charge in [-0.05, 0) is 54.7 Å². The first-order valence-electron chi connectivity index (χ1n) is 9.13. The number of nitrogens with zero attached hydrogens (tertiary/aromatic N) is 3. The van der Waals surface area contributed by atoms with E-state index in [2.05, 4.69) is 22.1 Å². The Morgan fingerprint density at radius 1 is 1.04 bits per heavy atom. The average Bonchev–Trinajstić information content (AvgIpc) is 2.69. The van der Waals surface area contributed by atoms with Crippen LogP contribution >= 0.6 is 0 Å². The molecule has 0 spiro atoms. The van der Waals surface area contributed by atoms with Gasteiger partial charge >= 0.3 is 0 Å². The Bertz CT molecular complexity index is 1160. The van der Waals surface area contributed by atoms with E-state index in [9.17, 15) is 8.42 Å². The lowest BCUT2D eigenvalue weighted by Gasteiger charge is -2.29. The van der Waals surface area contributed by atoms with E-state index < -0.39 is 9.84 Å². The van der Waals surface area contributed by atoms with Crippen LogP contribution in [-0.4, -0.2) is 24.9 Å². The Kier molecular flexibility index (Phi) is 4.55. The molecule has 0 aliphatic carbocycles. The average molecular weight is 395 g/mol. The number of aromatic nitrogens is 2. The number of nitrogens with two attached hydrogens (primary N) is 1. The summed E-state index contributed by atoms with van der Waals surface area (Å²) >= 11 is 0. The molecule has 2 heterocycles. The third kappa shape index (κ3) is 3.22. The minimum Gasteiger partial charge on any atom is -0.382 e. The number of rotatable bonds is 3. The molecule has 1 aliphatic heterocycles. The predicted molar refractivity (Wildman–Crippen MR) is 109 cm³/mol. The van der Waals surface area contributed by atoms with E-state index in [0.29, 0.717) is 12.5 Å². The van der Waals surface area contributed by atoms with Crippen molar-refractivity contribution < 1.29 is 8.42 Å². The van der Waals surface area contributed by atoms with Crippen molar-refractivity contribution in [2.75, 3.05) is 17.2 Å². The SMILES string of the molecule is Cc1ccc(S(=O)(=O)c2cnc(N3CCc4ccccc4C3)nc2N)cc1C. The van der Waals surface area contributed by atoms with Crippen LogP contribution in [0.2, 0.25) is 0 Å². The third-order valence-corrected chi connectivity index (χ3v) is 7.03. The van der Waals surface area contributed by atoms with Crippen molar-refractivity contribution in [3.05, 3.63) is 70.9 Å². The number of sulfone groups is 1. The van der Waals surface area contributed by atoms with Crippen LogP contribution in [0, 0.1) is 13.8 Å². The molecule has 0 fully saturated rings. The number of anilines is 2. The molecule has 0 radical (unpaired) electrons. The highest BCUT2D eigenvalue weighted by atomic mass is 32.2. The molecule has 2 aromatic carbocycles. The summed E-state index contributed by atoms with van der Waals surface area (Å²) in [6.07, 6.45) is 2.21. The number of nitrogen functional groups attached to an aromatic ring is 1. The van der Waals surface area contributed by atoms with Gasteiger partial charge in [-0.15, -0.1) is 0 Å². The predicted octanol–water partition coefficient (Wildman–Crippen LogP) is 3.07. The van der Waals surface area contributed by atoms with Crippen molar-refractivity contribution in [2.24, 2.45) is 0 Å². The molecule has 3 aromatic rings. The van der Waals surface area contributed by atoms with Gasteiger partial charge in [0.05, 0.1) is 11.1 Å². The number of aryl methyl sites for hydroxylation is 2.